The Hall–Kier alpha value is -1.40. The lowest BCUT2D eigenvalue weighted by atomic mass is 9.96. The average molecular weight is 316 g/mol. The minimum atomic E-state index is -4.53. The van der Waals surface area contributed by atoms with Gasteiger partial charge < -0.3 is 5.32 Å². The summed E-state index contributed by atoms with van der Waals surface area (Å²) in [6, 6.07) is 2.52. The first-order valence-electron chi connectivity index (χ1n) is 7.25. The van der Waals surface area contributed by atoms with E-state index in [2.05, 4.69) is 16.8 Å². The molecule has 1 aromatic rings. The molecule has 0 aliphatic carbocycles. The Labute approximate surface area is 127 Å². The molecule has 0 amide bonds. The predicted molar refractivity (Wildman–Crippen MR) is 78.0 cm³/mol. The Bertz CT molecular complexity index is 533. The van der Waals surface area contributed by atoms with Gasteiger partial charge in [-0.25, -0.2) is 4.39 Å². The van der Waals surface area contributed by atoms with Crippen LogP contribution >= 0.6 is 0 Å². The van der Waals surface area contributed by atoms with Gasteiger partial charge in [-0.15, -0.1) is 6.58 Å². The molecule has 0 bridgehead atoms. The lowest BCUT2D eigenvalue weighted by Crippen LogP contribution is -2.45. The van der Waals surface area contributed by atoms with Crippen LogP contribution in [0.2, 0.25) is 0 Å². The van der Waals surface area contributed by atoms with Gasteiger partial charge in [-0.3, -0.25) is 4.90 Å². The van der Waals surface area contributed by atoms with Crippen LogP contribution in [0.25, 0.3) is 0 Å². The fraction of sp³-hybridized carbons (Fsp3) is 0.500. The largest absolute Gasteiger partial charge is 0.416 e. The number of halogens is 4. The van der Waals surface area contributed by atoms with E-state index in [0.717, 1.165) is 37.8 Å². The van der Waals surface area contributed by atoms with Crippen molar-refractivity contribution in [3.8, 4) is 0 Å². The molecule has 0 radical (unpaired) electrons. The van der Waals surface area contributed by atoms with Crippen LogP contribution < -0.4 is 5.32 Å². The van der Waals surface area contributed by atoms with Gasteiger partial charge in [-0.05, 0) is 25.5 Å². The minimum Gasteiger partial charge on any atom is -0.314 e. The van der Waals surface area contributed by atoms with Gasteiger partial charge in [0.15, 0.2) is 0 Å². The molecule has 122 valence electrons. The molecule has 0 spiro atoms. The van der Waals surface area contributed by atoms with Crippen LogP contribution in [0.3, 0.4) is 0 Å². The molecular formula is C16H20F4N2. The van der Waals surface area contributed by atoms with E-state index in [1.807, 2.05) is 6.92 Å². The summed E-state index contributed by atoms with van der Waals surface area (Å²) >= 11 is 0. The highest BCUT2D eigenvalue weighted by atomic mass is 19.4. The van der Waals surface area contributed by atoms with Crippen LogP contribution in [-0.4, -0.2) is 31.1 Å². The maximum Gasteiger partial charge on any atom is 0.416 e. The first-order valence-corrected chi connectivity index (χ1v) is 7.25. The van der Waals surface area contributed by atoms with Crippen LogP contribution in [-0.2, 0) is 6.18 Å². The molecule has 1 aliphatic rings. The molecule has 1 saturated heterocycles. The quantitative estimate of drug-likeness (QED) is 0.672. The molecule has 6 heteroatoms. The molecule has 2 rings (SSSR count). The molecule has 1 aromatic carbocycles. The zero-order chi connectivity index (χ0) is 16.3. The Morgan fingerprint density at radius 2 is 1.95 bits per heavy atom. The second-order valence-corrected chi connectivity index (χ2v) is 5.70. The van der Waals surface area contributed by atoms with Gasteiger partial charge in [0, 0.05) is 37.8 Å². The normalized spacial score (nSPS) is 18.2. The van der Waals surface area contributed by atoms with E-state index in [1.54, 1.807) is 0 Å². The molecular weight excluding hydrogens is 296 g/mol. The van der Waals surface area contributed by atoms with Crippen molar-refractivity contribution in [1.29, 1.82) is 0 Å². The summed E-state index contributed by atoms with van der Waals surface area (Å²) in [5.74, 6) is -0.806. The number of benzene rings is 1. The zero-order valence-electron chi connectivity index (χ0n) is 12.5. The summed E-state index contributed by atoms with van der Waals surface area (Å²) in [7, 11) is 0. The van der Waals surface area contributed by atoms with Crippen molar-refractivity contribution in [3.63, 3.8) is 0 Å². The minimum absolute atomic E-state index is 0.276. The summed E-state index contributed by atoms with van der Waals surface area (Å²) in [6.07, 6.45) is -4.00. The van der Waals surface area contributed by atoms with Gasteiger partial charge >= 0.3 is 6.18 Å². The monoisotopic (exact) mass is 316 g/mol. The highest BCUT2D eigenvalue weighted by Gasteiger charge is 2.32. The molecule has 1 atom stereocenters. The summed E-state index contributed by atoms with van der Waals surface area (Å²) in [4.78, 5) is 2.09. The fourth-order valence-electron chi connectivity index (χ4n) is 2.73. The lowest BCUT2D eigenvalue weighted by molar-refractivity contribution is -0.137. The van der Waals surface area contributed by atoms with Crippen molar-refractivity contribution < 1.29 is 17.6 Å². The standard InChI is InChI=1S/C16H20F4N2/c1-11(2)9-15(22-7-5-21-6-8-22)13-4-3-12(10-14(13)17)16(18,19)20/h3-4,10,15,21H,1,5-9H2,2H3/t15-/m0/s1. The summed E-state index contributed by atoms with van der Waals surface area (Å²) in [5, 5.41) is 3.21. The molecule has 1 fully saturated rings. The van der Waals surface area contributed by atoms with Gasteiger partial charge in [0.2, 0.25) is 0 Å². The second kappa shape index (κ2) is 6.79. The number of nitrogens with zero attached hydrogens (tertiary/aromatic N) is 1. The molecule has 1 N–H and O–H groups in total. The summed E-state index contributed by atoms with van der Waals surface area (Å²) < 4.78 is 52.3. The van der Waals surface area contributed by atoms with Crippen molar-refractivity contribution in [2.75, 3.05) is 26.2 Å². The Balaban J connectivity index is 2.32. The Morgan fingerprint density at radius 3 is 2.45 bits per heavy atom. The molecule has 0 saturated carbocycles. The van der Waals surface area contributed by atoms with Crippen molar-refractivity contribution in [2.24, 2.45) is 0 Å². The van der Waals surface area contributed by atoms with E-state index in [-0.39, 0.29) is 6.04 Å². The molecule has 1 heterocycles. The summed E-state index contributed by atoms with van der Waals surface area (Å²) in [6.45, 7) is 8.74. The third-order valence-electron chi connectivity index (χ3n) is 3.82. The molecule has 0 aromatic heterocycles. The van der Waals surface area contributed by atoms with Gasteiger partial charge in [-0.1, -0.05) is 11.6 Å². The highest BCUT2D eigenvalue weighted by molar-refractivity contribution is 5.29. The first kappa shape index (κ1) is 17.0. The maximum absolute atomic E-state index is 14.3. The lowest BCUT2D eigenvalue weighted by Gasteiger charge is -2.35. The second-order valence-electron chi connectivity index (χ2n) is 5.70. The number of hydrogen-bond acceptors (Lipinski definition) is 2. The Kier molecular flexibility index (Phi) is 5.24. The van der Waals surface area contributed by atoms with Crippen LogP contribution in [0.5, 0.6) is 0 Å². The first-order chi connectivity index (χ1) is 10.3. The molecule has 1 aliphatic heterocycles. The number of alkyl halides is 3. The Morgan fingerprint density at radius 1 is 1.32 bits per heavy atom. The number of nitrogens with one attached hydrogen (secondary N) is 1. The van der Waals surface area contributed by atoms with E-state index in [0.29, 0.717) is 18.1 Å². The SMILES string of the molecule is C=C(C)C[C@@H](c1ccc(C(F)(F)F)cc1F)N1CCNCC1. The fourth-order valence-corrected chi connectivity index (χ4v) is 2.73. The van der Waals surface area contributed by atoms with E-state index < -0.39 is 17.6 Å². The van der Waals surface area contributed by atoms with E-state index in [4.69, 9.17) is 0 Å². The zero-order valence-corrected chi connectivity index (χ0v) is 12.5. The van der Waals surface area contributed by atoms with Crippen molar-refractivity contribution >= 4 is 0 Å². The van der Waals surface area contributed by atoms with Crippen LogP contribution in [0.1, 0.15) is 30.5 Å². The van der Waals surface area contributed by atoms with Gasteiger partial charge in [-0.2, -0.15) is 13.2 Å². The third-order valence-corrected chi connectivity index (χ3v) is 3.82. The van der Waals surface area contributed by atoms with Gasteiger partial charge in [0.1, 0.15) is 5.82 Å². The van der Waals surface area contributed by atoms with Crippen LogP contribution in [0.4, 0.5) is 17.6 Å². The highest BCUT2D eigenvalue weighted by Crippen LogP contribution is 2.34. The van der Waals surface area contributed by atoms with Crippen molar-refractivity contribution in [2.45, 2.75) is 25.6 Å². The van der Waals surface area contributed by atoms with Crippen molar-refractivity contribution in [1.82, 2.24) is 10.2 Å². The molecule has 22 heavy (non-hydrogen) atoms. The van der Waals surface area contributed by atoms with Gasteiger partial charge in [0.05, 0.1) is 5.56 Å². The smallest absolute Gasteiger partial charge is 0.314 e. The summed E-state index contributed by atoms with van der Waals surface area (Å²) in [5.41, 5.74) is 0.226. The topological polar surface area (TPSA) is 15.3 Å². The van der Waals surface area contributed by atoms with Crippen molar-refractivity contribution in [3.05, 3.63) is 47.3 Å². The van der Waals surface area contributed by atoms with E-state index in [1.165, 1.54) is 6.07 Å². The number of rotatable bonds is 4. The molecule has 0 unspecified atom stereocenters. The van der Waals surface area contributed by atoms with Gasteiger partial charge in [0.25, 0.3) is 0 Å². The maximum atomic E-state index is 14.3. The number of piperazine rings is 1. The number of hydrogen-bond donors (Lipinski definition) is 1. The van der Waals surface area contributed by atoms with E-state index in [9.17, 15) is 17.6 Å². The van der Waals surface area contributed by atoms with E-state index >= 15 is 0 Å². The molecule has 2 nitrogen and oxygen atoms in total. The third kappa shape index (κ3) is 4.08. The van der Waals surface area contributed by atoms with Crippen LogP contribution in [0.15, 0.2) is 30.4 Å². The van der Waals surface area contributed by atoms with Crippen LogP contribution in [0, 0.1) is 5.82 Å². The predicted octanol–water partition coefficient (Wildman–Crippen LogP) is 3.76. The average Bonchev–Trinajstić information content (AvgIpc) is 2.45.